The summed E-state index contributed by atoms with van der Waals surface area (Å²) < 4.78 is 0. The SMILES string of the molecule is Cc1ccc(-c2cc(/C=C/C(=O)c3ccc(N=O)c(C)c3)[nH]n2)cc1Cl. The molecule has 0 amide bonds. The number of aryl methyl sites for hydroxylation is 2. The van der Waals surface area contributed by atoms with Gasteiger partial charge in [-0.3, -0.25) is 9.89 Å². The summed E-state index contributed by atoms with van der Waals surface area (Å²) in [7, 11) is 0. The summed E-state index contributed by atoms with van der Waals surface area (Å²) in [6.45, 7) is 3.68. The average molecular weight is 366 g/mol. The van der Waals surface area contributed by atoms with Crippen LogP contribution in [-0.4, -0.2) is 16.0 Å². The molecule has 130 valence electrons. The van der Waals surface area contributed by atoms with Crippen molar-refractivity contribution < 1.29 is 4.79 Å². The van der Waals surface area contributed by atoms with E-state index in [9.17, 15) is 9.70 Å². The number of halogens is 1. The van der Waals surface area contributed by atoms with Crippen LogP contribution in [0.3, 0.4) is 0 Å². The normalized spacial score (nSPS) is 11.0. The van der Waals surface area contributed by atoms with Gasteiger partial charge in [-0.2, -0.15) is 5.10 Å². The van der Waals surface area contributed by atoms with Gasteiger partial charge in [-0.25, -0.2) is 0 Å². The first-order chi connectivity index (χ1) is 12.5. The lowest BCUT2D eigenvalue weighted by atomic mass is 10.1. The zero-order valence-electron chi connectivity index (χ0n) is 14.3. The van der Waals surface area contributed by atoms with Gasteiger partial charge in [-0.1, -0.05) is 23.7 Å². The molecule has 3 aromatic rings. The Morgan fingerprint density at radius 2 is 1.92 bits per heavy atom. The third kappa shape index (κ3) is 3.78. The highest BCUT2D eigenvalue weighted by atomic mass is 35.5. The number of ketones is 1. The Kier molecular flexibility index (Phi) is 5.09. The van der Waals surface area contributed by atoms with Gasteiger partial charge in [0.05, 0.1) is 11.4 Å². The molecule has 0 fully saturated rings. The fourth-order valence-corrected chi connectivity index (χ4v) is 2.68. The minimum absolute atomic E-state index is 0.167. The molecule has 6 heteroatoms. The van der Waals surface area contributed by atoms with E-state index in [0.717, 1.165) is 16.8 Å². The molecule has 0 radical (unpaired) electrons. The van der Waals surface area contributed by atoms with E-state index in [-0.39, 0.29) is 5.78 Å². The van der Waals surface area contributed by atoms with Crippen LogP contribution in [0, 0.1) is 18.8 Å². The molecule has 0 saturated heterocycles. The van der Waals surface area contributed by atoms with E-state index in [0.29, 0.717) is 27.5 Å². The number of allylic oxidation sites excluding steroid dienone is 1. The van der Waals surface area contributed by atoms with Crippen molar-refractivity contribution in [2.24, 2.45) is 5.18 Å². The second-order valence-corrected chi connectivity index (χ2v) is 6.37. The number of hydrogen-bond donors (Lipinski definition) is 1. The molecule has 26 heavy (non-hydrogen) atoms. The van der Waals surface area contributed by atoms with Crippen LogP contribution in [0.4, 0.5) is 5.69 Å². The minimum Gasteiger partial charge on any atom is -0.289 e. The molecule has 0 unspecified atom stereocenters. The van der Waals surface area contributed by atoms with Crippen molar-refractivity contribution >= 4 is 29.1 Å². The predicted octanol–water partition coefficient (Wildman–Crippen LogP) is 5.64. The van der Waals surface area contributed by atoms with Crippen molar-refractivity contribution in [2.75, 3.05) is 0 Å². The van der Waals surface area contributed by atoms with Crippen molar-refractivity contribution in [1.82, 2.24) is 10.2 Å². The summed E-state index contributed by atoms with van der Waals surface area (Å²) >= 11 is 6.15. The number of H-pyrrole nitrogens is 1. The third-order valence-electron chi connectivity index (χ3n) is 4.06. The van der Waals surface area contributed by atoms with Crippen molar-refractivity contribution in [3.63, 3.8) is 0 Å². The molecule has 0 saturated carbocycles. The maximum Gasteiger partial charge on any atom is 0.185 e. The summed E-state index contributed by atoms with van der Waals surface area (Å²) in [5, 5.41) is 10.7. The largest absolute Gasteiger partial charge is 0.289 e. The number of rotatable bonds is 5. The van der Waals surface area contributed by atoms with Gasteiger partial charge < -0.3 is 0 Å². The van der Waals surface area contributed by atoms with Crippen molar-refractivity contribution in [2.45, 2.75) is 13.8 Å². The minimum atomic E-state index is -0.167. The number of aromatic nitrogens is 2. The van der Waals surface area contributed by atoms with Crippen molar-refractivity contribution in [3.8, 4) is 11.3 Å². The van der Waals surface area contributed by atoms with Crippen LogP contribution < -0.4 is 0 Å². The number of hydrogen-bond acceptors (Lipinski definition) is 4. The topological polar surface area (TPSA) is 75.2 Å². The Morgan fingerprint density at radius 3 is 2.62 bits per heavy atom. The Balaban J connectivity index is 1.77. The highest BCUT2D eigenvalue weighted by Crippen LogP contribution is 2.25. The summed E-state index contributed by atoms with van der Waals surface area (Å²) in [6, 6.07) is 12.4. The van der Waals surface area contributed by atoms with Crippen molar-refractivity contribution in [3.05, 3.63) is 80.9 Å². The summed E-state index contributed by atoms with van der Waals surface area (Å²) in [5.74, 6) is -0.167. The molecule has 0 spiro atoms. The highest BCUT2D eigenvalue weighted by Gasteiger charge is 2.07. The molecule has 1 N–H and O–H groups in total. The molecule has 5 nitrogen and oxygen atoms in total. The first kappa shape index (κ1) is 17.8. The summed E-state index contributed by atoms with van der Waals surface area (Å²) in [5.41, 5.74) is 4.85. The van der Waals surface area contributed by atoms with E-state index in [1.165, 1.54) is 6.08 Å². The Hall–Kier alpha value is -3.05. The van der Waals surface area contributed by atoms with Gasteiger partial charge in [0.2, 0.25) is 0 Å². The van der Waals surface area contributed by atoms with Gasteiger partial charge >= 0.3 is 0 Å². The Bertz CT molecular complexity index is 1020. The van der Waals surface area contributed by atoms with Gasteiger partial charge in [0.25, 0.3) is 0 Å². The lowest BCUT2D eigenvalue weighted by molar-refractivity contribution is 0.104. The first-order valence-electron chi connectivity index (χ1n) is 7.96. The second kappa shape index (κ2) is 7.45. The van der Waals surface area contributed by atoms with Crippen LogP contribution >= 0.6 is 11.6 Å². The second-order valence-electron chi connectivity index (χ2n) is 5.96. The van der Waals surface area contributed by atoms with E-state index in [1.807, 2.05) is 31.2 Å². The molecule has 0 atom stereocenters. The van der Waals surface area contributed by atoms with E-state index >= 15 is 0 Å². The van der Waals surface area contributed by atoms with Gasteiger partial charge in [-0.05, 0) is 72.6 Å². The highest BCUT2D eigenvalue weighted by molar-refractivity contribution is 6.31. The molecule has 0 aliphatic rings. The molecule has 1 aromatic heterocycles. The van der Waals surface area contributed by atoms with Gasteiger partial charge in [0.1, 0.15) is 5.69 Å². The maximum absolute atomic E-state index is 12.3. The van der Waals surface area contributed by atoms with Crippen LogP contribution in [0.2, 0.25) is 5.02 Å². The summed E-state index contributed by atoms with van der Waals surface area (Å²) in [4.78, 5) is 22.9. The van der Waals surface area contributed by atoms with Gasteiger partial charge in [-0.15, -0.1) is 4.91 Å². The number of aromatic amines is 1. The third-order valence-corrected chi connectivity index (χ3v) is 4.47. The van der Waals surface area contributed by atoms with E-state index < -0.39 is 0 Å². The molecular weight excluding hydrogens is 350 g/mol. The molecule has 2 aromatic carbocycles. The fraction of sp³-hybridized carbons (Fsp3) is 0.100. The molecule has 0 aliphatic carbocycles. The Labute approximate surface area is 155 Å². The van der Waals surface area contributed by atoms with Gasteiger partial charge in [0.15, 0.2) is 5.78 Å². The molecule has 3 rings (SSSR count). The maximum atomic E-state index is 12.3. The lowest BCUT2D eigenvalue weighted by Crippen LogP contribution is -1.94. The number of carbonyl (C=O) groups excluding carboxylic acids is 1. The van der Waals surface area contributed by atoms with Crippen LogP contribution in [0.5, 0.6) is 0 Å². The lowest BCUT2D eigenvalue weighted by Gasteiger charge is -2.00. The monoisotopic (exact) mass is 365 g/mol. The average Bonchev–Trinajstić information content (AvgIpc) is 3.11. The molecule has 0 bridgehead atoms. The molecule has 0 aliphatic heterocycles. The van der Waals surface area contributed by atoms with Crippen LogP contribution in [-0.2, 0) is 0 Å². The number of carbonyl (C=O) groups is 1. The van der Waals surface area contributed by atoms with E-state index in [1.54, 1.807) is 31.2 Å². The van der Waals surface area contributed by atoms with Crippen LogP contribution in [0.25, 0.3) is 17.3 Å². The number of nitrogens with one attached hydrogen (secondary N) is 1. The smallest absolute Gasteiger partial charge is 0.185 e. The predicted molar refractivity (Wildman–Crippen MR) is 104 cm³/mol. The van der Waals surface area contributed by atoms with Gasteiger partial charge in [0, 0.05) is 16.1 Å². The number of nitroso groups, excluding NO2 is 1. The van der Waals surface area contributed by atoms with Crippen LogP contribution in [0.1, 0.15) is 27.2 Å². The molecule has 1 heterocycles. The van der Waals surface area contributed by atoms with E-state index in [4.69, 9.17) is 11.6 Å². The number of benzene rings is 2. The molecular formula is C20H16ClN3O2. The summed E-state index contributed by atoms with van der Waals surface area (Å²) in [6.07, 6.45) is 3.12. The van der Waals surface area contributed by atoms with Crippen molar-refractivity contribution in [1.29, 1.82) is 0 Å². The number of nitrogens with zero attached hydrogens (tertiary/aromatic N) is 2. The Morgan fingerprint density at radius 1 is 1.12 bits per heavy atom. The quantitative estimate of drug-likeness (QED) is 0.361. The zero-order valence-corrected chi connectivity index (χ0v) is 15.0. The first-order valence-corrected chi connectivity index (χ1v) is 8.34. The standard InChI is InChI=1S/C20H16ClN3O2/c1-12-3-4-14(10-17(12)21)19-11-16(22-23-19)6-8-20(25)15-5-7-18(24-26)13(2)9-15/h3-11H,1-2H3,(H,22,23)/b8-6+. The fourth-order valence-electron chi connectivity index (χ4n) is 2.49. The van der Waals surface area contributed by atoms with Crippen LogP contribution in [0.15, 0.2) is 53.7 Å². The zero-order chi connectivity index (χ0) is 18.7. The van der Waals surface area contributed by atoms with E-state index in [2.05, 4.69) is 15.4 Å².